The minimum Gasteiger partial charge on any atom is -0.294 e. The zero-order chi connectivity index (χ0) is 17.4. The Hall–Kier alpha value is -1.58. The molecule has 0 spiro atoms. The van der Waals surface area contributed by atoms with E-state index in [0.717, 1.165) is 10.5 Å². The molecule has 0 saturated carbocycles. The maximum absolute atomic E-state index is 12.0. The first-order valence-electron chi connectivity index (χ1n) is 7.65. The summed E-state index contributed by atoms with van der Waals surface area (Å²) in [7, 11) is 0. The van der Waals surface area contributed by atoms with Gasteiger partial charge in [-0.2, -0.15) is 0 Å². The summed E-state index contributed by atoms with van der Waals surface area (Å²) in [6.45, 7) is 13.5. The Morgan fingerprint density at radius 2 is 1.73 bits per heavy atom. The molecule has 0 saturated heterocycles. The van der Waals surface area contributed by atoms with Gasteiger partial charge in [0, 0.05) is 16.9 Å². The highest BCUT2D eigenvalue weighted by atomic mass is 32.2. The lowest BCUT2D eigenvalue weighted by Crippen LogP contribution is -2.04. The number of nitrogens with two attached hydrogens (primary N) is 1. The van der Waals surface area contributed by atoms with Gasteiger partial charge in [0.1, 0.15) is 0 Å². The number of allylic oxidation sites excluding steroid dienone is 5. The normalized spacial score (nSPS) is 10.2. The van der Waals surface area contributed by atoms with Gasteiger partial charge < -0.3 is 0 Å². The van der Waals surface area contributed by atoms with Gasteiger partial charge in [-0.15, -0.1) is 0 Å². The highest BCUT2D eigenvalue weighted by Crippen LogP contribution is 2.14. The van der Waals surface area contributed by atoms with Crippen molar-refractivity contribution < 1.29 is 4.79 Å². The molecule has 0 amide bonds. The number of carbonyl (C=O) groups excluding carboxylic acids is 1. The molecule has 0 fully saturated rings. The first-order valence-corrected chi connectivity index (χ1v) is 8.53. The monoisotopic (exact) mass is 319 g/mol. The highest BCUT2D eigenvalue weighted by Gasteiger charge is 2.07. The van der Waals surface area contributed by atoms with Crippen LogP contribution in [0.5, 0.6) is 0 Å². The Kier molecular flexibility index (Phi) is 16.3. The van der Waals surface area contributed by atoms with E-state index >= 15 is 0 Å². The summed E-state index contributed by atoms with van der Waals surface area (Å²) in [6.07, 6.45) is 7.39. The van der Waals surface area contributed by atoms with Gasteiger partial charge in [-0.3, -0.25) is 9.93 Å². The standard InChI is InChI=1S/C15H17NOS.2C2H6/c1-3-5-13(6-4-2)15(17)11-12-7-9-14(18-16)10-8-12;2*1-2/h3-10H,1,11,16H2,2H3;2*1-2H3/b6-4-,13-5+;;. The van der Waals surface area contributed by atoms with Crippen molar-refractivity contribution in [2.75, 3.05) is 0 Å². The van der Waals surface area contributed by atoms with Crippen LogP contribution in [0.3, 0.4) is 0 Å². The molecule has 2 N–H and O–H groups in total. The maximum Gasteiger partial charge on any atom is 0.167 e. The fourth-order valence-corrected chi connectivity index (χ4v) is 1.81. The molecule has 1 aromatic carbocycles. The quantitative estimate of drug-likeness (QED) is 0.427. The van der Waals surface area contributed by atoms with Gasteiger partial charge in [-0.05, 0) is 36.6 Å². The predicted molar refractivity (Wildman–Crippen MR) is 101 cm³/mol. The second kappa shape index (κ2) is 15.8. The summed E-state index contributed by atoms with van der Waals surface area (Å²) in [6, 6.07) is 7.68. The third-order valence-electron chi connectivity index (χ3n) is 2.39. The molecule has 0 aliphatic carbocycles. The summed E-state index contributed by atoms with van der Waals surface area (Å²) in [5.41, 5.74) is 1.65. The van der Waals surface area contributed by atoms with E-state index in [1.165, 1.54) is 11.9 Å². The van der Waals surface area contributed by atoms with E-state index in [2.05, 4.69) is 6.58 Å². The minimum atomic E-state index is 0.0844. The average Bonchev–Trinajstić information content (AvgIpc) is 2.59. The highest BCUT2D eigenvalue weighted by molar-refractivity contribution is 7.97. The summed E-state index contributed by atoms with van der Waals surface area (Å²) in [5.74, 6) is 0.0844. The molecule has 2 nitrogen and oxygen atoms in total. The third-order valence-corrected chi connectivity index (χ3v) is 2.93. The Bertz CT molecular complexity index is 473. The molecule has 0 aromatic heterocycles. The van der Waals surface area contributed by atoms with Crippen molar-refractivity contribution in [2.24, 2.45) is 5.14 Å². The van der Waals surface area contributed by atoms with Crippen LogP contribution in [0.2, 0.25) is 0 Å². The number of benzene rings is 1. The third kappa shape index (κ3) is 9.37. The molecular weight excluding hydrogens is 290 g/mol. The number of hydrogen-bond donors (Lipinski definition) is 1. The zero-order valence-electron chi connectivity index (χ0n) is 14.4. The van der Waals surface area contributed by atoms with E-state index in [9.17, 15) is 4.79 Å². The minimum absolute atomic E-state index is 0.0844. The average molecular weight is 320 g/mol. The summed E-state index contributed by atoms with van der Waals surface area (Å²) < 4.78 is 0. The molecule has 1 aromatic rings. The van der Waals surface area contributed by atoms with Crippen LogP contribution in [-0.4, -0.2) is 5.78 Å². The second-order valence-electron chi connectivity index (χ2n) is 3.72. The molecule has 0 aliphatic rings. The fraction of sp³-hybridized carbons (Fsp3) is 0.316. The molecule has 0 radical (unpaired) electrons. The SMILES string of the molecule is C=C/C=C(\C=C/C)C(=O)Cc1ccc(SN)cc1.CC.CC. The van der Waals surface area contributed by atoms with Crippen LogP contribution >= 0.6 is 11.9 Å². The molecule has 0 aliphatic heterocycles. The number of Topliss-reactive ketones (excluding diaryl/α,β-unsaturated/α-hetero) is 1. The van der Waals surface area contributed by atoms with Gasteiger partial charge in [0.2, 0.25) is 0 Å². The molecular formula is C19H29NOS. The molecule has 0 unspecified atom stereocenters. The Morgan fingerprint density at radius 3 is 2.14 bits per heavy atom. The zero-order valence-corrected chi connectivity index (χ0v) is 15.2. The van der Waals surface area contributed by atoms with E-state index in [-0.39, 0.29) is 5.78 Å². The molecule has 22 heavy (non-hydrogen) atoms. The van der Waals surface area contributed by atoms with Crippen LogP contribution < -0.4 is 5.14 Å². The number of ketones is 1. The lowest BCUT2D eigenvalue weighted by molar-refractivity contribution is -0.114. The lowest BCUT2D eigenvalue weighted by Gasteiger charge is -2.03. The van der Waals surface area contributed by atoms with Gasteiger partial charge in [-0.1, -0.05) is 70.7 Å². The van der Waals surface area contributed by atoms with Gasteiger partial charge >= 0.3 is 0 Å². The Morgan fingerprint density at radius 1 is 1.18 bits per heavy atom. The van der Waals surface area contributed by atoms with Crippen LogP contribution in [0.25, 0.3) is 0 Å². The molecule has 1 rings (SSSR count). The van der Waals surface area contributed by atoms with Crippen LogP contribution in [-0.2, 0) is 11.2 Å². The van der Waals surface area contributed by atoms with Gasteiger partial charge in [0.25, 0.3) is 0 Å². The first-order chi connectivity index (χ1) is 10.7. The van der Waals surface area contributed by atoms with Crippen molar-refractivity contribution in [2.45, 2.75) is 45.9 Å². The van der Waals surface area contributed by atoms with Crippen molar-refractivity contribution in [3.63, 3.8) is 0 Å². The lowest BCUT2D eigenvalue weighted by atomic mass is 10.0. The molecule has 0 heterocycles. The van der Waals surface area contributed by atoms with Crippen LogP contribution in [0.15, 0.2) is 65.6 Å². The molecule has 122 valence electrons. The van der Waals surface area contributed by atoms with Crippen molar-refractivity contribution in [3.8, 4) is 0 Å². The van der Waals surface area contributed by atoms with Crippen LogP contribution in [0, 0.1) is 0 Å². The summed E-state index contributed by atoms with van der Waals surface area (Å²) in [5, 5.41) is 5.45. The summed E-state index contributed by atoms with van der Waals surface area (Å²) >= 11 is 1.20. The topological polar surface area (TPSA) is 43.1 Å². The van der Waals surface area contributed by atoms with Crippen LogP contribution in [0.1, 0.15) is 40.2 Å². The molecule has 0 bridgehead atoms. The maximum atomic E-state index is 12.0. The van der Waals surface area contributed by atoms with E-state index < -0.39 is 0 Å². The van der Waals surface area contributed by atoms with Crippen LogP contribution in [0.4, 0.5) is 0 Å². The Balaban J connectivity index is 0. The number of hydrogen-bond acceptors (Lipinski definition) is 3. The van der Waals surface area contributed by atoms with E-state index in [4.69, 9.17) is 5.14 Å². The Labute approximate surface area is 140 Å². The van der Waals surface area contributed by atoms with Gasteiger partial charge in [0.05, 0.1) is 0 Å². The smallest absolute Gasteiger partial charge is 0.167 e. The van der Waals surface area contributed by atoms with E-state index in [0.29, 0.717) is 12.0 Å². The first kappa shape index (κ1) is 22.7. The summed E-state index contributed by atoms with van der Waals surface area (Å²) in [4.78, 5) is 13.0. The predicted octanol–water partition coefficient (Wildman–Crippen LogP) is 5.50. The van der Waals surface area contributed by atoms with E-state index in [1.54, 1.807) is 18.2 Å². The second-order valence-corrected chi connectivity index (χ2v) is 4.43. The van der Waals surface area contributed by atoms with E-state index in [1.807, 2.05) is 65.0 Å². The largest absolute Gasteiger partial charge is 0.294 e. The van der Waals surface area contributed by atoms with Crippen molar-refractivity contribution in [3.05, 3.63) is 66.3 Å². The molecule has 3 heteroatoms. The van der Waals surface area contributed by atoms with Crippen molar-refractivity contribution in [1.82, 2.24) is 0 Å². The molecule has 0 atom stereocenters. The van der Waals surface area contributed by atoms with Crippen molar-refractivity contribution in [1.29, 1.82) is 0 Å². The number of carbonyl (C=O) groups is 1. The van der Waals surface area contributed by atoms with Gasteiger partial charge in [-0.25, -0.2) is 0 Å². The van der Waals surface area contributed by atoms with Crippen molar-refractivity contribution >= 4 is 17.7 Å². The fourth-order valence-electron chi connectivity index (χ4n) is 1.52. The number of rotatable bonds is 6. The van der Waals surface area contributed by atoms with Gasteiger partial charge in [0.15, 0.2) is 5.78 Å².